The molecule has 0 saturated heterocycles. The highest BCUT2D eigenvalue weighted by molar-refractivity contribution is 9.10. The summed E-state index contributed by atoms with van der Waals surface area (Å²) in [4.78, 5) is 24.3. The number of likely N-dealkylation sites (N-methyl/N-ethyl adjacent to an activating group) is 1. The fraction of sp³-hybridized carbons (Fsp3) is 0.440. The Bertz CT molecular complexity index is 732. The predicted octanol–water partition coefficient (Wildman–Crippen LogP) is 6.02. The van der Waals surface area contributed by atoms with Crippen molar-refractivity contribution < 1.29 is 14.3 Å². The van der Waals surface area contributed by atoms with Crippen LogP contribution in [-0.4, -0.2) is 44.7 Å². The van der Waals surface area contributed by atoms with Crippen molar-refractivity contribution in [2.24, 2.45) is 5.73 Å². The van der Waals surface area contributed by atoms with Crippen LogP contribution in [0.15, 0.2) is 57.5 Å². The fourth-order valence-electron chi connectivity index (χ4n) is 2.87. The van der Waals surface area contributed by atoms with Gasteiger partial charge in [-0.2, -0.15) is 0 Å². The summed E-state index contributed by atoms with van der Waals surface area (Å²) in [6.45, 7) is 13.7. The molecule has 0 unspecified atom stereocenters. The van der Waals surface area contributed by atoms with Gasteiger partial charge in [0, 0.05) is 66.9 Å². The van der Waals surface area contributed by atoms with E-state index >= 15 is 0 Å². The average Bonchev–Trinajstić information content (AvgIpc) is 2.77. The molecule has 0 heterocycles. The van der Waals surface area contributed by atoms with E-state index in [1.807, 2.05) is 0 Å². The first-order valence-corrected chi connectivity index (χ1v) is 12.7. The molecule has 0 aliphatic carbocycles. The topological polar surface area (TPSA) is 75.9 Å². The van der Waals surface area contributed by atoms with Crippen LogP contribution in [0.25, 0.3) is 0 Å². The maximum atomic E-state index is 9.81. The van der Waals surface area contributed by atoms with Crippen LogP contribution in [0.5, 0.6) is 0 Å². The minimum absolute atomic E-state index is 0.562. The van der Waals surface area contributed by atoms with Crippen LogP contribution in [0, 0.1) is 0 Å². The number of carbonyl (C=O) groups is 2. The van der Waals surface area contributed by atoms with Gasteiger partial charge in [0.15, 0.2) is 0 Å². The van der Waals surface area contributed by atoms with Crippen LogP contribution in [0.3, 0.4) is 0 Å². The summed E-state index contributed by atoms with van der Waals surface area (Å²) in [6.07, 6.45) is 1.20. The van der Waals surface area contributed by atoms with Gasteiger partial charge in [0.2, 0.25) is 0 Å². The summed E-state index contributed by atoms with van der Waals surface area (Å²) < 4.78 is 6.23. The minimum atomic E-state index is -0.562. The lowest BCUT2D eigenvalue weighted by Crippen LogP contribution is -2.28. The Hall–Kier alpha value is -1.90. The number of carbonyl (C=O) groups excluding carboxylic acids is 2. The van der Waals surface area contributed by atoms with Gasteiger partial charge in [0.05, 0.1) is 0 Å². The Morgan fingerprint density at radius 1 is 0.758 bits per heavy atom. The standard InChI is InChI=1S/C11H16BrN.C10H15BrN2.C4H6O3/c1-3-9-13(4-2)11-7-5-10(12)6-8-11;1-2-13(8-7-12)10-5-3-9(11)4-6-10;1-3(5)7-4(2)6/h5-8H,3-4,9H2,1-2H3;3-6H,2,7-8,12H2,1H3;1-2H3. The van der Waals surface area contributed by atoms with E-state index < -0.39 is 11.9 Å². The second kappa shape index (κ2) is 18.5. The summed E-state index contributed by atoms with van der Waals surface area (Å²) >= 11 is 6.85. The number of rotatable bonds is 8. The first kappa shape index (κ1) is 31.1. The van der Waals surface area contributed by atoms with Crippen LogP contribution >= 0.6 is 31.9 Å². The molecular weight excluding hydrogens is 550 g/mol. The number of nitrogens with two attached hydrogens (primary N) is 1. The third-order valence-corrected chi connectivity index (χ3v) is 5.38. The normalized spacial score (nSPS) is 9.58. The fourth-order valence-corrected chi connectivity index (χ4v) is 3.40. The molecule has 0 fully saturated rings. The molecule has 2 aromatic rings. The van der Waals surface area contributed by atoms with Crippen molar-refractivity contribution in [2.45, 2.75) is 41.0 Å². The molecule has 0 radical (unpaired) electrons. The maximum Gasteiger partial charge on any atom is 0.310 e. The lowest BCUT2D eigenvalue weighted by Gasteiger charge is -2.22. The lowest BCUT2D eigenvalue weighted by atomic mass is 10.3. The highest BCUT2D eigenvalue weighted by Gasteiger charge is 2.02. The van der Waals surface area contributed by atoms with E-state index in [0.717, 1.165) is 35.1 Å². The van der Waals surface area contributed by atoms with E-state index in [0.29, 0.717) is 6.54 Å². The number of benzene rings is 2. The number of nitrogens with zero attached hydrogens (tertiary/aromatic N) is 2. The summed E-state index contributed by atoms with van der Waals surface area (Å²) in [6, 6.07) is 16.8. The van der Waals surface area contributed by atoms with Gasteiger partial charge in [-0.3, -0.25) is 9.59 Å². The molecule has 0 atom stereocenters. The first-order chi connectivity index (χ1) is 15.7. The van der Waals surface area contributed by atoms with Crippen LogP contribution in [-0.2, 0) is 14.3 Å². The zero-order chi connectivity index (χ0) is 25.2. The van der Waals surface area contributed by atoms with Crippen molar-refractivity contribution in [2.75, 3.05) is 42.5 Å². The molecule has 184 valence electrons. The van der Waals surface area contributed by atoms with E-state index in [9.17, 15) is 9.59 Å². The van der Waals surface area contributed by atoms with E-state index in [1.54, 1.807) is 0 Å². The number of anilines is 2. The zero-order valence-corrected chi connectivity index (χ0v) is 23.5. The van der Waals surface area contributed by atoms with Crippen molar-refractivity contribution in [3.63, 3.8) is 0 Å². The Kier molecular flexibility index (Phi) is 17.5. The molecule has 2 rings (SSSR count). The van der Waals surface area contributed by atoms with Crippen LogP contribution in [0.1, 0.15) is 41.0 Å². The number of esters is 2. The number of halogens is 2. The molecule has 0 bridgehead atoms. The third-order valence-electron chi connectivity index (χ3n) is 4.33. The maximum absolute atomic E-state index is 9.81. The van der Waals surface area contributed by atoms with Gasteiger partial charge in [-0.15, -0.1) is 0 Å². The van der Waals surface area contributed by atoms with E-state index in [2.05, 4.69) is 116 Å². The van der Waals surface area contributed by atoms with Gasteiger partial charge in [-0.25, -0.2) is 0 Å². The first-order valence-electron chi connectivity index (χ1n) is 11.1. The quantitative estimate of drug-likeness (QED) is 0.301. The average molecular weight is 587 g/mol. The highest BCUT2D eigenvalue weighted by Crippen LogP contribution is 2.18. The Morgan fingerprint density at radius 3 is 1.36 bits per heavy atom. The van der Waals surface area contributed by atoms with Gasteiger partial charge < -0.3 is 20.3 Å². The molecule has 33 heavy (non-hydrogen) atoms. The largest absolute Gasteiger partial charge is 0.394 e. The molecule has 0 aliphatic rings. The lowest BCUT2D eigenvalue weighted by molar-refractivity contribution is -0.156. The molecule has 0 aliphatic heterocycles. The van der Waals surface area contributed by atoms with Gasteiger partial charge in [-0.05, 0) is 68.8 Å². The molecule has 2 N–H and O–H groups in total. The van der Waals surface area contributed by atoms with E-state index in [-0.39, 0.29) is 0 Å². The Morgan fingerprint density at radius 2 is 1.12 bits per heavy atom. The summed E-state index contributed by atoms with van der Waals surface area (Å²) in [5.74, 6) is -1.12. The SMILES string of the molecule is CC(=O)OC(C)=O.CCCN(CC)c1ccc(Br)cc1.CCN(CCN)c1ccc(Br)cc1. The van der Waals surface area contributed by atoms with Crippen LogP contribution in [0.4, 0.5) is 11.4 Å². The second-order valence-corrected chi connectivity index (χ2v) is 8.82. The van der Waals surface area contributed by atoms with E-state index in [1.165, 1.54) is 31.6 Å². The predicted molar refractivity (Wildman–Crippen MR) is 146 cm³/mol. The monoisotopic (exact) mass is 585 g/mol. The number of hydrogen-bond acceptors (Lipinski definition) is 6. The molecule has 8 heteroatoms. The molecule has 0 amide bonds. The van der Waals surface area contributed by atoms with Gasteiger partial charge in [0.25, 0.3) is 0 Å². The summed E-state index contributed by atoms with van der Waals surface area (Å²) in [5.41, 5.74) is 8.07. The van der Waals surface area contributed by atoms with Crippen molar-refractivity contribution >= 4 is 55.2 Å². The van der Waals surface area contributed by atoms with Gasteiger partial charge >= 0.3 is 11.9 Å². The molecule has 0 aromatic heterocycles. The smallest absolute Gasteiger partial charge is 0.310 e. The number of hydrogen-bond donors (Lipinski definition) is 1. The van der Waals surface area contributed by atoms with Gasteiger partial charge in [-0.1, -0.05) is 38.8 Å². The van der Waals surface area contributed by atoms with Crippen molar-refractivity contribution in [3.8, 4) is 0 Å². The summed E-state index contributed by atoms with van der Waals surface area (Å²) in [7, 11) is 0. The molecule has 0 saturated carbocycles. The summed E-state index contributed by atoms with van der Waals surface area (Å²) in [5, 5.41) is 0. The minimum Gasteiger partial charge on any atom is -0.394 e. The molecule has 6 nitrogen and oxygen atoms in total. The van der Waals surface area contributed by atoms with Crippen LogP contribution < -0.4 is 15.5 Å². The second-order valence-electron chi connectivity index (χ2n) is 6.99. The van der Waals surface area contributed by atoms with Gasteiger partial charge in [0.1, 0.15) is 0 Å². The molecular formula is C25H37Br2N3O3. The number of ether oxygens (including phenoxy) is 1. The third kappa shape index (κ3) is 14.8. The Balaban J connectivity index is 0.000000490. The zero-order valence-electron chi connectivity index (χ0n) is 20.3. The Labute approximate surface area is 215 Å². The molecule has 0 spiro atoms. The van der Waals surface area contributed by atoms with Crippen molar-refractivity contribution in [1.29, 1.82) is 0 Å². The van der Waals surface area contributed by atoms with Crippen molar-refractivity contribution in [1.82, 2.24) is 0 Å². The van der Waals surface area contributed by atoms with E-state index in [4.69, 9.17) is 5.73 Å². The highest BCUT2D eigenvalue weighted by atomic mass is 79.9. The van der Waals surface area contributed by atoms with Crippen molar-refractivity contribution in [3.05, 3.63) is 57.5 Å². The molecule has 2 aromatic carbocycles. The van der Waals surface area contributed by atoms with Crippen LogP contribution in [0.2, 0.25) is 0 Å².